The highest BCUT2D eigenvalue weighted by Gasteiger charge is 2.15. The molecular weight excluding hydrogens is 388 g/mol. The zero-order valence-electron chi connectivity index (χ0n) is 22.5. The molecule has 0 aromatic carbocycles. The van der Waals surface area contributed by atoms with Crippen molar-refractivity contribution in [3.63, 3.8) is 0 Å². The summed E-state index contributed by atoms with van der Waals surface area (Å²) >= 11 is 0. The Labute approximate surface area is 202 Å². The number of rotatable bonds is 24. The van der Waals surface area contributed by atoms with Gasteiger partial charge in [-0.3, -0.25) is 0 Å². The summed E-state index contributed by atoms with van der Waals surface area (Å²) in [6, 6.07) is 0. The molecule has 2 nitrogen and oxygen atoms in total. The van der Waals surface area contributed by atoms with Crippen molar-refractivity contribution in [1.82, 2.24) is 4.57 Å². The molecule has 0 fully saturated rings. The summed E-state index contributed by atoms with van der Waals surface area (Å²) in [5, 5.41) is 0. The van der Waals surface area contributed by atoms with Crippen LogP contribution in [0.5, 0.6) is 0 Å². The second-order valence-electron chi connectivity index (χ2n) is 10.2. The molecule has 0 aliphatic carbocycles. The molecule has 1 aromatic heterocycles. The lowest BCUT2D eigenvalue weighted by molar-refractivity contribution is -0.704. The van der Waals surface area contributed by atoms with Crippen molar-refractivity contribution >= 4 is 0 Å². The van der Waals surface area contributed by atoms with E-state index >= 15 is 0 Å². The quantitative estimate of drug-likeness (QED) is 0.110. The van der Waals surface area contributed by atoms with Crippen LogP contribution in [0.3, 0.4) is 0 Å². The van der Waals surface area contributed by atoms with Gasteiger partial charge in [-0.25, -0.2) is 9.13 Å². The van der Waals surface area contributed by atoms with Crippen LogP contribution in [0, 0.1) is 0 Å². The van der Waals surface area contributed by atoms with Crippen LogP contribution >= 0.6 is 0 Å². The first kappa shape index (κ1) is 29.2. The molecule has 188 valence electrons. The molecule has 32 heavy (non-hydrogen) atoms. The second kappa shape index (κ2) is 22.0. The standard InChI is InChI=1S/C30H59N2/c1-4-7-9-10-11-12-13-14-15-16-17-18-19-20-21-22-23-25-30-31(26-6-3)28-29-32(30)27-24-8-5-2/h28-29H,4-27H2,1-3H3/q+1. The lowest BCUT2D eigenvalue weighted by Gasteiger charge is -2.06. The van der Waals surface area contributed by atoms with Crippen LogP contribution in [0.15, 0.2) is 12.4 Å². The highest BCUT2D eigenvalue weighted by molar-refractivity contribution is 4.84. The van der Waals surface area contributed by atoms with Gasteiger partial charge >= 0.3 is 0 Å². The first-order valence-electron chi connectivity index (χ1n) is 14.9. The van der Waals surface area contributed by atoms with Gasteiger partial charge in [0, 0.05) is 6.42 Å². The van der Waals surface area contributed by atoms with E-state index in [-0.39, 0.29) is 0 Å². The number of hydrogen-bond donors (Lipinski definition) is 0. The first-order valence-corrected chi connectivity index (χ1v) is 14.9. The van der Waals surface area contributed by atoms with Crippen molar-refractivity contribution in [3.8, 4) is 0 Å². The zero-order chi connectivity index (χ0) is 23.1. The minimum absolute atomic E-state index is 1.18. The van der Waals surface area contributed by atoms with E-state index in [4.69, 9.17) is 0 Å². The van der Waals surface area contributed by atoms with E-state index in [1.807, 2.05) is 0 Å². The minimum Gasteiger partial charge on any atom is -0.234 e. The van der Waals surface area contributed by atoms with Crippen molar-refractivity contribution in [3.05, 3.63) is 18.2 Å². The highest BCUT2D eigenvalue weighted by atomic mass is 15.1. The maximum Gasteiger partial charge on any atom is 0.256 e. The summed E-state index contributed by atoms with van der Waals surface area (Å²) in [5.41, 5.74) is 0. The summed E-state index contributed by atoms with van der Waals surface area (Å²) in [6.45, 7) is 9.28. The SMILES string of the molecule is CCCCCCCCCCCCCCCCCCCc1n(CCC)cc[n+]1CCCCC. The van der Waals surface area contributed by atoms with E-state index in [2.05, 4.69) is 42.3 Å². The number of aromatic nitrogens is 2. The van der Waals surface area contributed by atoms with Crippen molar-refractivity contribution in [2.24, 2.45) is 0 Å². The van der Waals surface area contributed by atoms with Crippen LogP contribution in [0.1, 0.15) is 161 Å². The monoisotopic (exact) mass is 447 g/mol. The average Bonchev–Trinajstić information content (AvgIpc) is 3.17. The highest BCUT2D eigenvalue weighted by Crippen LogP contribution is 2.14. The van der Waals surface area contributed by atoms with Crippen LogP contribution in [-0.2, 0) is 19.5 Å². The molecule has 0 atom stereocenters. The molecule has 0 amide bonds. The van der Waals surface area contributed by atoms with Crippen LogP contribution in [-0.4, -0.2) is 4.57 Å². The predicted molar refractivity (Wildman–Crippen MR) is 142 cm³/mol. The normalized spacial score (nSPS) is 11.5. The Kier molecular flexibility index (Phi) is 20.1. The fourth-order valence-corrected chi connectivity index (χ4v) is 4.97. The van der Waals surface area contributed by atoms with Gasteiger partial charge in [-0.1, -0.05) is 130 Å². The summed E-state index contributed by atoms with van der Waals surface area (Å²) in [5.74, 6) is 1.57. The third-order valence-corrected chi connectivity index (χ3v) is 7.06. The summed E-state index contributed by atoms with van der Waals surface area (Å²) in [7, 11) is 0. The Morgan fingerprint density at radius 2 is 0.969 bits per heavy atom. The van der Waals surface area contributed by atoms with Gasteiger partial charge in [0.2, 0.25) is 0 Å². The Hall–Kier alpha value is -0.790. The maximum atomic E-state index is 2.54. The molecule has 0 saturated carbocycles. The number of unbranched alkanes of at least 4 members (excludes halogenated alkanes) is 18. The van der Waals surface area contributed by atoms with Crippen molar-refractivity contribution in [2.45, 2.75) is 175 Å². The molecule has 0 saturated heterocycles. The Bertz CT molecular complexity index is 505. The largest absolute Gasteiger partial charge is 0.256 e. The third-order valence-electron chi connectivity index (χ3n) is 7.06. The zero-order valence-corrected chi connectivity index (χ0v) is 22.5. The number of aryl methyl sites for hydroxylation is 2. The van der Waals surface area contributed by atoms with Crippen LogP contribution < -0.4 is 4.57 Å². The molecule has 1 heterocycles. The van der Waals surface area contributed by atoms with Gasteiger partial charge < -0.3 is 0 Å². The Balaban J connectivity index is 1.97. The number of nitrogens with zero attached hydrogens (tertiary/aromatic N) is 2. The maximum absolute atomic E-state index is 2.54. The van der Waals surface area contributed by atoms with Gasteiger partial charge in [0.15, 0.2) is 0 Å². The molecule has 0 aliphatic heterocycles. The second-order valence-corrected chi connectivity index (χ2v) is 10.2. The van der Waals surface area contributed by atoms with Crippen molar-refractivity contribution in [1.29, 1.82) is 0 Å². The van der Waals surface area contributed by atoms with Crippen molar-refractivity contribution in [2.75, 3.05) is 0 Å². The van der Waals surface area contributed by atoms with E-state index in [9.17, 15) is 0 Å². The fourth-order valence-electron chi connectivity index (χ4n) is 4.97. The molecule has 1 aromatic rings. The molecule has 2 heteroatoms. The third kappa shape index (κ3) is 15.1. The minimum atomic E-state index is 1.18. The van der Waals surface area contributed by atoms with Crippen molar-refractivity contribution < 1.29 is 4.57 Å². The van der Waals surface area contributed by atoms with Gasteiger partial charge in [0.1, 0.15) is 12.4 Å². The van der Waals surface area contributed by atoms with E-state index in [1.165, 1.54) is 154 Å². The van der Waals surface area contributed by atoms with Crippen LogP contribution in [0.25, 0.3) is 0 Å². The van der Waals surface area contributed by atoms with E-state index in [1.54, 1.807) is 5.82 Å². The topological polar surface area (TPSA) is 8.81 Å². The summed E-state index contributed by atoms with van der Waals surface area (Å²) in [4.78, 5) is 0. The average molecular weight is 448 g/mol. The van der Waals surface area contributed by atoms with E-state index in [0.29, 0.717) is 0 Å². The lowest BCUT2D eigenvalue weighted by atomic mass is 10.0. The van der Waals surface area contributed by atoms with Crippen LogP contribution in [0.4, 0.5) is 0 Å². The molecule has 0 unspecified atom stereocenters. The molecular formula is C30H59N2+. The van der Waals surface area contributed by atoms with Gasteiger partial charge in [0.05, 0.1) is 13.1 Å². The number of hydrogen-bond acceptors (Lipinski definition) is 0. The Morgan fingerprint density at radius 3 is 1.44 bits per heavy atom. The number of imidazole rings is 1. The lowest BCUT2D eigenvalue weighted by Crippen LogP contribution is -2.37. The summed E-state index contributed by atoms with van der Waals surface area (Å²) < 4.78 is 5.05. The van der Waals surface area contributed by atoms with E-state index < -0.39 is 0 Å². The summed E-state index contributed by atoms with van der Waals surface area (Å²) in [6.07, 6.45) is 35.8. The van der Waals surface area contributed by atoms with Gasteiger partial charge in [-0.2, -0.15) is 0 Å². The molecule has 0 bridgehead atoms. The predicted octanol–water partition coefficient (Wildman–Crippen LogP) is 9.57. The fraction of sp³-hybridized carbons (Fsp3) is 0.900. The molecule has 0 aliphatic rings. The molecule has 0 N–H and O–H groups in total. The smallest absolute Gasteiger partial charge is 0.234 e. The Morgan fingerprint density at radius 1 is 0.531 bits per heavy atom. The molecule has 1 rings (SSSR count). The van der Waals surface area contributed by atoms with E-state index in [0.717, 1.165) is 0 Å². The molecule has 0 radical (unpaired) electrons. The van der Waals surface area contributed by atoms with Gasteiger partial charge in [0.25, 0.3) is 5.82 Å². The van der Waals surface area contributed by atoms with Gasteiger partial charge in [-0.05, 0) is 25.7 Å². The van der Waals surface area contributed by atoms with Gasteiger partial charge in [-0.15, -0.1) is 0 Å². The van der Waals surface area contributed by atoms with Crippen LogP contribution in [0.2, 0.25) is 0 Å². The first-order chi connectivity index (χ1) is 15.8. The molecule has 0 spiro atoms.